The third-order valence-corrected chi connectivity index (χ3v) is 3.34. The average molecular weight is 262 g/mol. The highest BCUT2D eigenvalue weighted by Gasteiger charge is 2.18. The Hall–Kier alpha value is -0.550. The molecule has 0 aliphatic heterocycles. The van der Waals surface area contributed by atoms with Gasteiger partial charge in [-0.25, -0.2) is 0 Å². The van der Waals surface area contributed by atoms with E-state index in [4.69, 9.17) is 4.74 Å². The van der Waals surface area contributed by atoms with Gasteiger partial charge in [-0.2, -0.15) is 0 Å². The molecular weight excluding hydrogens is 240 g/mol. The molecule has 0 heterocycles. The highest BCUT2D eigenvalue weighted by atomic mass is 32.2. The Morgan fingerprint density at radius 1 is 1.24 bits per heavy atom. The Labute approximate surface area is 107 Å². The summed E-state index contributed by atoms with van der Waals surface area (Å²) in [7, 11) is 2.98. The number of ether oxygens (including phenoxy) is 2. The molecule has 0 aromatic carbocycles. The smallest absolute Gasteiger partial charge is 0.308 e. The first kappa shape index (κ1) is 16.4. The molecule has 0 spiro atoms. The quantitative estimate of drug-likeness (QED) is 0.628. The van der Waals surface area contributed by atoms with Gasteiger partial charge >= 0.3 is 5.97 Å². The van der Waals surface area contributed by atoms with Crippen molar-refractivity contribution >= 4 is 22.8 Å². The van der Waals surface area contributed by atoms with Gasteiger partial charge in [0.05, 0.1) is 19.1 Å². The molecule has 5 heteroatoms. The van der Waals surface area contributed by atoms with Crippen LogP contribution in [-0.2, 0) is 19.1 Å². The molecule has 0 aromatic heterocycles. The van der Waals surface area contributed by atoms with Gasteiger partial charge in [-0.3, -0.25) is 9.59 Å². The Kier molecular flexibility index (Phi) is 9.17. The molecule has 0 bridgehead atoms. The maximum Gasteiger partial charge on any atom is 0.308 e. The van der Waals surface area contributed by atoms with E-state index in [1.807, 2.05) is 13.8 Å². The standard InChI is InChI=1S/C12H22O4S/c1-5-17-11(13)8-10(15-3)7-6-9(2)12(14)16-4/h9-10H,5-8H2,1-4H3. The topological polar surface area (TPSA) is 52.6 Å². The molecule has 0 aliphatic rings. The maximum absolute atomic E-state index is 11.4. The fourth-order valence-electron chi connectivity index (χ4n) is 1.46. The van der Waals surface area contributed by atoms with Crippen LogP contribution in [0.15, 0.2) is 0 Å². The maximum atomic E-state index is 11.4. The van der Waals surface area contributed by atoms with Gasteiger partial charge in [-0.05, 0) is 18.6 Å². The first-order valence-electron chi connectivity index (χ1n) is 5.81. The minimum Gasteiger partial charge on any atom is -0.469 e. The number of esters is 1. The van der Waals surface area contributed by atoms with E-state index < -0.39 is 0 Å². The Morgan fingerprint density at radius 2 is 1.88 bits per heavy atom. The van der Waals surface area contributed by atoms with Crippen molar-refractivity contribution in [3.63, 3.8) is 0 Å². The molecule has 0 aliphatic carbocycles. The summed E-state index contributed by atoms with van der Waals surface area (Å²) in [6.45, 7) is 3.77. The zero-order chi connectivity index (χ0) is 13.3. The molecule has 0 radical (unpaired) electrons. The molecule has 2 unspecified atom stereocenters. The van der Waals surface area contributed by atoms with Gasteiger partial charge in [0, 0.05) is 13.5 Å². The lowest BCUT2D eigenvalue weighted by molar-refractivity contribution is -0.145. The second kappa shape index (κ2) is 9.48. The lowest BCUT2D eigenvalue weighted by Gasteiger charge is -2.16. The van der Waals surface area contributed by atoms with Crippen LogP contribution in [0.5, 0.6) is 0 Å². The number of hydrogen-bond donors (Lipinski definition) is 0. The first-order valence-corrected chi connectivity index (χ1v) is 6.79. The normalized spacial score (nSPS) is 14.1. The van der Waals surface area contributed by atoms with Gasteiger partial charge in [0.25, 0.3) is 0 Å². The molecule has 2 atom stereocenters. The lowest BCUT2D eigenvalue weighted by Crippen LogP contribution is -2.19. The van der Waals surface area contributed by atoms with E-state index in [1.54, 1.807) is 7.11 Å². The predicted octanol–water partition coefficient (Wildman–Crippen LogP) is 2.26. The predicted molar refractivity (Wildman–Crippen MR) is 69.0 cm³/mol. The summed E-state index contributed by atoms with van der Waals surface area (Å²) >= 11 is 1.31. The van der Waals surface area contributed by atoms with E-state index >= 15 is 0 Å². The van der Waals surface area contributed by atoms with Crippen LogP contribution in [0.2, 0.25) is 0 Å². The summed E-state index contributed by atoms with van der Waals surface area (Å²) < 4.78 is 9.89. The summed E-state index contributed by atoms with van der Waals surface area (Å²) in [5.74, 6) is 0.425. The number of carbonyl (C=O) groups is 2. The van der Waals surface area contributed by atoms with E-state index in [2.05, 4.69) is 4.74 Å². The highest BCUT2D eigenvalue weighted by Crippen LogP contribution is 2.16. The van der Waals surface area contributed by atoms with Crippen molar-refractivity contribution in [1.82, 2.24) is 0 Å². The van der Waals surface area contributed by atoms with Gasteiger partial charge in [0.1, 0.15) is 0 Å². The van der Waals surface area contributed by atoms with Crippen molar-refractivity contribution in [1.29, 1.82) is 0 Å². The van der Waals surface area contributed by atoms with Crippen LogP contribution in [0.4, 0.5) is 0 Å². The van der Waals surface area contributed by atoms with E-state index in [1.165, 1.54) is 18.9 Å². The second-order valence-corrected chi connectivity index (χ2v) is 5.19. The molecule has 0 N–H and O–H groups in total. The fraction of sp³-hybridized carbons (Fsp3) is 0.833. The number of hydrogen-bond acceptors (Lipinski definition) is 5. The second-order valence-electron chi connectivity index (χ2n) is 3.87. The van der Waals surface area contributed by atoms with Crippen LogP contribution >= 0.6 is 11.8 Å². The molecular formula is C12H22O4S. The van der Waals surface area contributed by atoms with E-state index in [0.717, 1.165) is 5.75 Å². The van der Waals surface area contributed by atoms with Crippen LogP contribution in [0.1, 0.15) is 33.1 Å². The molecule has 0 aromatic rings. The van der Waals surface area contributed by atoms with Crippen molar-refractivity contribution in [2.45, 2.75) is 39.2 Å². The Morgan fingerprint density at radius 3 is 2.35 bits per heavy atom. The zero-order valence-electron chi connectivity index (χ0n) is 11.0. The van der Waals surface area contributed by atoms with E-state index in [0.29, 0.717) is 19.3 Å². The van der Waals surface area contributed by atoms with Crippen molar-refractivity contribution in [2.24, 2.45) is 5.92 Å². The fourth-order valence-corrected chi connectivity index (χ4v) is 2.09. The minimum atomic E-state index is -0.214. The van der Waals surface area contributed by atoms with Gasteiger partial charge in [0.2, 0.25) is 0 Å². The molecule has 0 fully saturated rings. The molecule has 100 valence electrons. The molecule has 0 rings (SSSR count). The van der Waals surface area contributed by atoms with Crippen molar-refractivity contribution in [3.8, 4) is 0 Å². The van der Waals surface area contributed by atoms with Crippen LogP contribution in [0.3, 0.4) is 0 Å². The van der Waals surface area contributed by atoms with Gasteiger partial charge < -0.3 is 9.47 Å². The Bertz CT molecular complexity index is 243. The average Bonchev–Trinajstić information content (AvgIpc) is 2.33. The van der Waals surface area contributed by atoms with Gasteiger partial charge in [0.15, 0.2) is 5.12 Å². The van der Waals surface area contributed by atoms with Crippen LogP contribution in [0, 0.1) is 5.92 Å². The summed E-state index contributed by atoms with van der Waals surface area (Å²) in [6, 6.07) is 0. The van der Waals surface area contributed by atoms with E-state index in [-0.39, 0.29) is 23.1 Å². The zero-order valence-corrected chi connectivity index (χ0v) is 11.8. The molecule has 0 amide bonds. The third kappa shape index (κ3) is 7.39. The van der Waals surface area contributed by atoms with Crippen LogP contribution < -0.4 is 0 Å². The first-order chi connectivity index (χ1) is 8.04. The summed E-state index contributed by atoms with van der Waals surface area (Å²) in [5, 5.41) is 0.144. The molecule has 17 heavy (non-hydrogen) atoms. The highest BCUT2D eigenvalue weighted by molar-refractivity contribution is 8.13. The summed E-state index contributed by atoms with van der Waals surface area (Å²) in [5.41, 5.74) is 0. The van der Waals surface area contributed by atoms with Crippen LogP contribution in [0.25, 0.3) is 0 Å². The van der Waals surface area contributed by atoms with Crippen molar-refractivity contribution in [2.75, 3.05) is 20.0 Å². The van der Waals surface area contributed by atoms with E-state index in [9.17, 15) is 9.59 Å². The summed E-state index contributed by atoms with van der Waals surface area (Å²) in [6.07, 6.45) is 1.68. The minimum absolute atomic E-state index is 0.103. The number of rotatable bonds is 8. The van der Waals surface area contributed by atoms with Crippen molar-refractivity contribution < 1.29 is 19.1 Å². The third-order valence-electron chi connectivity index (χ3n) is 2.56. The van der Waals surface area contributed by atoms with Crippen molar-refractivity contribution in [3.05, 3.63) is 0 Å². The number of methoxy groups -OCH3 is 2. The SMILES string of the molecule is CCSC(=O)CC(CCC(C)C(=O)OC)OC. The number of carbonyl (C=O) groups excluding carboxylic acids is 2. The Balaban J connectivity index is 3.97. The molecule has 0 saturated heterocycles. The molecule has 4 nitrogen and oxygen atoms in total. The lowest BCUT2D eigenvalue weighted by atomic mass is 10.0. The van der Waals surface area contributed by atoms with Gasteiger partial charge in [-0.15, -0.1) is 0 Å². The number of thioether (sulfide) groups is 1. The molecule has 0 saturated carbocycles. The van der Waals surface area contributed by atoms with Crippen LogP contribution in [-0.4, -0.2) is 37.2 Å². The summed E-state index contributed by atoms with van der Waals surface area (Å²) in [4.78, 5) is 22.6. The van der Waals surface area contributed by atoms with Gasteiger partial charge in [-0.1, -0.05) is 25.6 Å². The largest absolute Gasteiger partial charge is 0.469 e. The monoisotopic (exact) mass is 262 g/mol.